The maximum atomic E-state index is 10.2. The van der Waals surface area contributed by atoms with Crippen LogP contribution >= 0.6 is 0 Å². The van der Waals surface area contributed by atoms with E-state index in [4.69, 9.17) is 18.9 Å². The zero-order chi connectivity index (χ0) is 22.0. The van der Waals surface area contributed by atoms with Gasteiger partial charge in [-0.1, -0.05) is 6.92 Å². The molecule has 170 valence electrons. The Morgan fingerprint density at radius 1 is 0.667 bits per heavy atom. The molecule has 2 saturated heterocycles. The van der Waals surface area contributed by atoms with Crippen molar-refractivity contribution in [2.75, 3.05) is 13.2 Å². The van der Waals surface area contributed by atoms with Gasteiger partial charge in [-0.3, -0.25) is 0 Å². The van der Waals surface area contributed by atoms with Crippen molar-refractivity contribution < 1.29 is 54.7 Å². The van der Waals surface area contributed by atoms with E-state index in [0.717, 1.165) is 0 Å². The normalized spacial score (nSPS) is 42.0. The van der Waals surface area contributed by atoms with Crippen LogP contribution in [0.15, 0.2) is 24.3 Å². The molecule has 1 aromatic rings. The summed E-state index contributed by atoms with van der Waals surface area (Å²) in [5.74, 6) is 0.0384. The molecule has 0 bridgehead atoms. The SMILES string of the molecule is CC1C(CO)OC(Oc2ccc(OC3OC(CO)C(O)C(O)C3O)cc2)C(O)C1O. The largest absolute Gasteiger partial charge is 0.462 e. The van der Waals surface area contributed by atoms with Crippen LogP contribution in [0.2, 0.25) is 0 Å². The van der Waals surface area contributed by atoms with Gasteiger partial charge in [-0.05, 0) is 24.3 Å². The first-order valence-corrected chi connectivity index (χ1v) is 9.63. The summed E-state index contributed by atoms with van der Waals surface area (Å²) < 4.78 is 21.8. The first kappa shape index (κ1) is 23.1. The Labute approximate surface area is 172 Å². The van der Waals surface area contributed by atoms with Crippen LogP contribution in [-0.2, 0) is 9.47 Å². The maximum absolute atomic E-state index is 10.2. The Balaban J connectivity index is 1.62. The van der Waals surface area contributed by atoms with Gasteiger partial charge in [-0.25, -0.2) is 0 Å². The van der Waals surface area contributed by atoms with Gasteiger partial charge in [0.2, 0.25) is 12.6 Å². The Morgan fingerprint density at radius 2 is 1.10 bits per heavy atom. The summed E-state index contributed by atoms with van der Waals surface area (Å²) >= 11 is 0. The smallest absolute Gasteiger partial charge is 0.229 e. The summed E-state index contributed by atoms with van der Waals surface area (Å²) in [6, 6.07) is 5.89. The molecule has 0 amide bonds. The van der Waals surface area contributed by atoms with Crippen molar-refractivity contribution in [3.8, 4) is 11.5 Å². The molecule has 11 heteroatoms. The predicted octanol–water partition coefficient (Wildman–Crippen LogP) is -2.68. The van der Waals surface area contributed by atoms with Crippen LogP contribution in [0.4, 0.5) is 0 Å². The van der Waals surface area contributed by atoms with Crippen molar-refractivity contribution in [2.24, 2.45) is 5.92 Å². The topological polar surface area (TPSA) is 179 Å². The number of aliphatic hydroxyl groups excluding tert-OH is 7. The summed E-state index contributed by atoms with van der Waals surface area (Å²) in [7, 11) is 0. The van der Waals surface area contributed by atoms with E-state index in [1.54, 1.807) is 6.92 Å². The van der Waals surface area contributed by atoms with Crippen LogP contribution in [-0.4, -0.2) is 104 Å². The Hall–Kier alpha value is -1.54. The van der Waals surface area contributed by atoms with Crippen molar-refractivity contribution in [1.82, 2.24) is 0 Å². The summed E-state index contributed by atoms with van der Waals surface area (Å²) in [5.41, 5.74) is 0. The Morgan fingerprint density at radius 3 is 1.57 bits per heavy atom. The minimum atomic E-state index is -1.55. The first-order chi connectivity index (χ1) is 14.3. The Kier molecular flexibility index (Phi) is 7.50. The van der Waals surface area contributed by atoms with Crippen molar-refractivity contribution in [3.05, 3.63) is 24.3 Å². The van der Waals surface area contributed by atoms with Crippen LogP contribution in [0.5, 0.6) is 11.5 Å². The molecule has 2 fully saturated rings. The monoisotopic (exact) mass is 432 g/mol. The van der Waals surface area contributed by atoms with Gasteiger partial charge in [0.05, 0.1) is 25.4 Å². The van der Waals surface area contributed by atoms with E-state index in [1.807, 2.05) is 0 Å². The highest BCUT2D eigenvalue weighted by molar-refractivity contribution is 5.31. The lowest BCUT2D eigenvalue weighted by Crippen LogP contribution is -2.60. The van der Waals surface area contributed by atoms with Crippen molar-refractivity contribution >= 4 is 0 Å². The fourth-order valence-corrected chi connectivity index (χ4v) is 3.41. The van der Waals surface area contributed by atoms with E-state index in [1.165, 1.54) is 24.3 Å². The third-order valence-electron chi connectivity index (χ3n) is 5.42. The van der Waals surface area contributed by atoms with Gasteiger partial charge in [-0.2, -0.15) is 0 Å². The molecule has 2 aliphatic rings. The fraction of sp³-hybridized carbons (Fsp3) is 0.684. The molecule has 1 aromatic carbocycles. The fourth-order valence-electron chi connectivity index (χ4n) is 3.41. The molecule has 0 aromatic heterocycles. The van der Waals surface area contributed by atoms with Crippen molar-refractivity contribution in [2.45, 2.75) is 62.2 Å². The van der Waals surface area contributed by atoms with Gasteiger partial charge in [0, 0.05) is 5.92 Å². The quantitative estimate of drug-likeness (QED) is 0.249. The number of ether oxygens (including phenoxy) is 4. The lowest BCUT2D eigenvalue weighted by Gasteiger charge is -2.40. The van der Waals surface area contributed by atoms with E-state index in [2.05, 4.69) is 0 Å². The zero-order valence-corrected chi connectivity index (χ0v) is 16.3. The molecule has 0 radical (unpaired) electrons. The molecule has 7 N–H and O–H groups in total. The lowest BCUT2D eigenvalue weighted by atomic mass is 9.91. The minimum Gasteiger partial charge on any atom is -0.462 e. The minimum absolute atomic E-state index is 0.235. The molecule has 11 nitrogen and oxygen atoms in total. The van der Waals surface area contributed by atoms with Crippen LogP contribution in [0.1, 0.15) is 6.92 Å². The van der Waals surface area contributed by atoms with Gasteiger partial charge in [0.25, 0.3) is 0 Å². The predicted molar refractivity (Wildman–Crippen MR) is 98.4 cm³/mol. The van der Waals surface area contributed by atoms with Crippen LogP contribution in [0, 0.1) is 5.92 Å². The molecule has 2 heterocycles. The summed E-state index contributed by atoms with van der Waals surface area (Å²) in [4.78, 5) is 0. The second kappa shape index (κ2) is 9.73. The highest BCUT2D eigenvalue weighted by atomic mass is 16.7. The number of hydrogen-bond donors (Lipinski definition) is 7. The second-order valence-corrected chi connectivity index (χ2v) is 7.47. The summed E-state index contributed by atoms with van der Waals surface area (Å²) in [6.07, 6.45) is -11.3. The third kappa shape index (κ3) is 4.69. The molecule has 0 saturated carbocycles. The van der Waals surface area contributed by atoms with E-state index in [-0.39, 0.29) is 18.1 Å². The first-order valence-electron chi connectivity index (χ1n) is 9.63. The molecule has 10 unspecified atom stereocenters. The second-order valence-electron chi connectivity index (χ2n) is 7.47. The number of aliphatic hydroxyl groups is 7. The zero-order valence-electron chi connectivity index (χ0n) is 16.3. The van der Waals surface area contributed by atoms with Crippen LogP contribution < -0.4 is 9.47 Å². The van der Waals surface area contributed by atoms with Crippen LogP contribution in [0.25, 0.3) is 0 Å². The average molecular weight is 432 g/mol. The molecule has 2 aliphatic heterocycles. The molecule has 0 spiro atoms. The average Bonchev–Trinajstić information content (AvgIpc) is 2.75. The summed E-state index contributed by atoms with van der Waals surface area (Å²) in [5, 5.41) is 68.5. The number of rotatable bonds is 6. The Bertz CT molecular complexity index is 610. The van der Waals surface area contributed by atoms with Crippen LogP contribution in [0.3, 0.4) is 0 Å². The lowest BCUT2D eigenvalue weighted by molar-refractivity contribution is -0.277. The number of benzene rings is 1. The van der Waals surface area contributed by atoms with E-state index in [9.17, 15) is 35.7 Å². The summed E-state index contributed by atoms with van der Waals surface area (Å²) in [6.45, 7) is 0.743. The van der Waals surface area contributed by atoms with E-state index < -0.39 is 67.8 Å². The van der Waals surface area contributed by atoms with Crippen molar-refractivity contribution in [1.29, 1.82) is 0 Å². The van der Waals surface area contributed by atoms with Gasteiger partial charge in [-0.15, -0.1) is 0 Å². The van der Waals surface area contributed by atoms with E-state index in [0.29, 0.717) is 0 Å². The van der Waals surface area contributed by atoms with Gasteiger partial charge in [0.1, 0.15) is 42.0 Å². The van der Waals surface area contributed by atoms with Gasteiger partial charge >= 0.3 is 0 Å². The standard InChI is InChI=1S/C19H28O11/c1-8-11(6-20)29-18(16(25)13(8)22)27-9-2-4-10(5-3-9)28-19-17(26)15(24)14(23)12(7-21)30-19/h2-5,8,11-26H,6-7H2,1H3. The molecule has 3 rings (SSSR count). The number of hydrogen-bond acceptors (Lipinski definition) is 11. The molecular weight excluding hydrogens is 404 g/mol. The highest BCUT2D eigenvalue weighted by Crippen LogP contribution is 2.29. The van der Waals surface area contributed by atoms with Crippen molar-refractivity contribution in [3.63, 3.8) is 0 Å². The third-order valence-corrected chi connectivity index (χ3v) is 5.42. The van der Waals surface area contributed by atoms with Gasteiger partial charge < -0.3 is 54.7 Å². The molecule has 0 aliphatic carbocycles. The maximum Gasteiger partial charge on any atom is 0.229 e. The van der Waals surface area contributed by atoms with Gasteiger partial charge in [0.15, 0.2) is 0 Å². The van der Waals surface area contributed by atoms with E-state index >= 15 is 0 Å². The molecular formula is C19H28O11. The molecule has 10 atom stereocenters. The molecule has 30 heavy (non-hydrogen) atoms. The highest BCUT2D eigenvalue weighted by Gasteiger charge is 2.45.